The first-order valence-electron chi connectivity index (χ1n) is 16.2. The normalized spacial score (nSPS) is 21.5. The van der Waals surface area contributed by atoms with Gasteiger partial charge >= 0.3 is 0 Å². The van der Waals surface area contributed by atoms with E-state index in [0.717, 1.165) is 39.9 Å². The van der Waals surface area contributed by atoms with E-state index in [1.807, 2.05) is 50.4 Å². The molecule has 7 heterocycles. The molecule has 248 valence electrons. The van der Waals surface area contributed by atoms with Gasteiger partial charge < -0.3 is 15.0 Å². The van der Waals surface area contributed by atoms with Gasteiger partial charge in [0, 0.05) is 59.2 Å². The number of anilines is 1. The zero-order valence-corrected chi connectivity index (χ0v) is 28.8. The highest BCUT2D eigenvalue weighted by Crippen LogP contribution is 2.61. The maximum Gasteiger partial charge on any atom is 0.248 e. The zero-order valence-electron chi connectivity index (χ0n) is 27.2. The van der Waals surface area contributed by atoms with Gasteiger partial charge in [-0.15, -0.1) is 0 Å². The highest BCUT2D eigenvalue weighted by molar-refractivity contribution is 9.10. The van der Waals surface area contributed by atoms with E-state index in [9.17, 15) is 14.4 Å². The number of halogens is 1. The number of aromatic nitrogens is 6. The Hall–Kier alpha value is -4.88. The molecule has 1 spiro atoms. The van der Waals surface area contributed by atoms with Gasteiger partial charge in [-0.3, -0.25) is 24.0 Å². The Morgan fingerprint density at radius 2 is 1.84 bits per heavy atom. The fraction of sp³-hybridized carbons (Fsp3) is 0.333. The van der Waals surface area contributed by atoms with Gasteiger partial charge in [-0.25, -0.2) is 15.0 Å². The van der Waals surface area contributed by atoms with Crippen molar-refractivity contribution in [1.82, 2.24) is 34.6 Å². The molecule has 12 nitrogen and oxygen atoms in total. The molecule has 0 radical (unpaired) electrons. The molecule has 4 aromatic heterocycles. The number of nitrogens with one attached hydrogen (secondary N) is 1. The minimum atomic E-state index is -0.728. The van der Waals surface area contributed by atoms with Crippen molar-refractivity contribution in [3.05, 3.63) is 93.5 Å². The van der Waals surface area contributed by atoms with E-state index in [4.69, 9.17) is 9.72 Å². The maximum absolute atomic E-state index is 14.4. The molecule has 1 saturated heterocycles. The third-order valence-corrected chi connectivity index (χ3v) is 10.3. The largest absolute Gasteiger partial charge is 0.372 e. The number of ketones is 1. The minimum Gasteiger partial charge on any atom is -0.372 e. The van der Waals surface area contributed by atoms with Crippen LogP contribution < -0.4 is 5.32 Å². The molecule has 3 aliphatic heterocycles. The van der Waals surface area contributed by atoms with Gasteiger partial charge in [0.2, 0.25) is 11.8 Å². The lowest BCUT2D eigenvalue weighted by molar-refractivity contribution is -0.138. The van der Waals surface area contributed by atoms with Crippen molar-refractivity contribution >= 4 is 50.2 Å². The van der Waals surface area contributed by atoms with E-state index in [2.05, 4.69) is 41.3 Å². The molecule has 2 amide bonds. The predicted molar refractivity (Wildman–Crippen MR) is 183 cm³/mol. The third-order valence-electron chi connectivity index (χ3n) is 9.91. The van der Waals surface area contributed by atoms with Crippen LogP contribution in [0.25, 0.3) is 22.0 Å². The molecule has 4 aliphatic rings. The van der Waals surface area contributed by atoms with Gasteiger partial charge in [-0.1, -0.05) is 12.1 Å². The van der Waals surface area contributed by atoms with Crippen LogP contribution in [0, 0.1) is 19.3 Å². The van der Waals surface area contributed by atoms with Gasteiger partial charge in [-0.05, 0) is 90.0 Å². The average molecular weight is 722 g/mol. The maximum atomic E-state index is 14.4. The molecule has 9 rings (SSSR count). The summed E-state index contributed by atoms with van der Waals surface area (Å²) in [5.41, 5.74) is 5.81. The van der Waals surface area contributed by atoms with Gasteiger partial charge in [0.05, 0.1) is 18.7 Å². The summed E-state index contributed by atoms with van der Waals surface area (Å²) in [6.45, 7) is 5.72. The number of amides is 2. The number of pyridine rings is 2. The Balaban J connectivity index is 1.15. The number of likely N-dealkylation sites (tertiary alicyclic amines) is 1. The zero-order chi connectivity index (χ0) is 34.0. The van der Waals surface area contributed by atoms with Crippen molar-refractivity contribution in [1.29, 1.82) is 0 Å². The first kappa shape index (κ1) is 31.4. The van der Waals surface area contributed by atoms with E-state index in [1.54, 1.807) is 28.0 Å². The van der Waals surface area contributed by atoms with E-state index >= 15 is 0 Å². The standard InChI is InChI=1S/C36H33BrN8O4/c1-19-8-24(25-14-38-21(3)39-15-25)9-27-32(20(2)46)43-44(33(19)27)16-31(47)45-28-11-36(12-29(36)45)10-26-6-4-22(13-40-26)17-49-18-23-5-7-30(37)41-34(23)42-35(28)48/h4-9,13-15,28-29H,10-12,16-18H2,1-3H3,(H,41,42,48)/t28?,29-,36+/m1/s1. The Kier molecular flexibility index (Phi) is 7.63. The Morgan fingerprint density at radius 1 is 1.02 bits per heavy atom. The van der Waals surface area contributed by atoms with Crippen LogP contribution in [0.5, 0.6) is 0 Å². The number of fused-ring (bicyclic) bond motifs is 6. The summed E-state index contributed by atoms with van der Waals surface area (Å²) in [6, 6.07) is 10.7. The number of Topliss-reactive ketones (excluding diaryl/α,β-unsaturated/α-hetero) is 1. The van der Waals surface area contributed by atoms with Crippen molar-refractivity contribution in [3.63, 3.8) is 0 Å². The molecular weight excluding hydrogens is 688 g/mol. The summed E-state index contributed by atoms with van der Waals surface area (Å²) in [7, 11) is 0. The first-order valence-corrected chi connectivity index (χ1v) is 17.0. The number of ether oxygens (including phenoxy) is 1. The smallest absolute Gasteiger partial charge is 0.248 e. The van der Waals surface area contributed by atoms with Crippen molar-refractivity contribution in [3.8, 4) is 11.1 Å². The lowest BCUT2D eigenvalue weighted by atomic mass is 9.93. The minimum absolute atomic E-state index is 0.130. The van der Waals surface area contributed by atoms with E-state index < -0.39 is 6.04 Å². The van der Waals surface area contributed by atoms with Gasteiger partial charge in [0.1, 0.15) is 34.5 Å². The van der Waals surface area contributed by atoms with Crippen LogP contribution in [0.4, 0.5) is 5.82 Å². The Morgan fingerprint density at radius 3 is 2.59 bits per heavy atom. The van der Waals surface area contributed by atoms with Crippen molar-refractivity contribution in [2.75, 3.05) is 5.32 Å². The van der Waals surface area contributed by atoms with E-state index in [0.29, 0.717) is 46.6 Å². The van der Waals surface area contributed by atoms with Crippen molar-refractivity contribution < 1.29 is 19.1 Å². The number of hydrogen-bond acceptors (Lipinski definition) is 9. The predicted octanol–water partition coefficient (Wildman–Crippen LogP) is 5.14. The summed E-state index contributed by atoms with van der Waals surface area (Å²) in [5.74, 6) is 0.297. The van der Waals surface area contributed by atoms with E-state index in [1.165, 1.54) is 6.92 Å². The number of aryl methyl sites for hydroxylation is 2. The van der Waals surface area contributed by atoms with Crippen LogP contribution in [-0.4, -0.2) is 64.3 Å². The van der Waals surface area contributed by atoms with Crippen molar-refractivity contribution in [2.24, 2.45) is 5.41 Å². The Bertz CT molecular complexity index is 2170. The second kappa shape index (κ2) is 11.9. The van der Waals surface area contributed by atoms with Crippen LogP contribution in [0.15, 0.2) is 59.6 Å². The molecule has 1 N–H and O–H groups in total. The molecule has 49 heavy (non-hydrogen) atoms. The van der Waals surface area contributed by atoms with Gasteiger partial charge in [0.25, 0.3) is 0 Å². The second-order valence-electron chi connectivity index (χ2n) is 13.3. The highest BCUT2D eigenvalue weighted by Gasteiger charge is 2.67. The molecule has 1 aromatic carbocycles. The first-order chi connectivity index (χ1) is 23.6. The number of benzene rings is 1. The number of hydrogen-bond donors (Lipinski definition) is 1. The number of carbonyl (C=O) groups is 3. The number of carbonyl (C=O) groups excluding carboxylic acids is 3. The topological polar surface area (TPSA) is 145 Å². The van der Waals surface area contributed by atoms with Crippen LogP contribution in [-0.2, 0) is 40.5 Å². The fourth-order valence-corrected chi connectivity index (χ4v) is 7.77. The lowest BCUT2D eigenvalue weighted by Gasteiger charge is -2.27. The van der Waals surface area contributed by atoms with Crippen LogP contribution >= 0.6 is 15.9 Å². The molecular formula is C36H33BrN8O4. The van der Waals surface area contributed by atoms with Gasteiger partial charge in [-0.2, -0.15) is 5.10 Å². The quantitative estimate of drug-likeness (QED) is 0.197. The summed E-state index contributed by atoms with van der Waals surface area (Å²) in [6.07, 6.45) is 7.25. The molecule has 1 unspecified atom stereocenters. The van der Waals surface area contributed by atoms with Crippen molar-refractivity contribution in [2.45, 2.75) is 71.9 Å². The molecule has 2 fully saturated rings. The molecule has 4 bridgehead atoms. The monoisotopic (exact) mass is 720 g/mol. The molecule has 1 aliphatic carbocycles. The molecule has 1 saturated carbocycles. The molecule has 13 heteroatoms. The summed E-state index contributed by atoms with van der Waals surface area (Å²) in [4.78, 5) is 61.0. The summed E-state index contributed by atoms with van der Waals surface area (Å²) >= 11 is 3.42. The highest BCUT2D eigenvalue weighted by atomic mass is 79.9. The summed E-state index contributed by atoms with van der Waals surface area (Å²) < 4.78 is 8.13. The third kappa shape index (κ3) is 5.70. The molecule has 5 aromatic rings. The summed E-state index contributed by atoms with van der Waals surface area (Å²) in [5, 5.41) is 8.33. The van der Waals surface area contributed by atoms with Crippen LogP contribution in [0.3, 0.4) is 0 Å². The average Bonchev–Trinajstić information content (AvgIpc) is 3.46. The number of nitrogens with zero attached hydrogens (tertiary/aromatic N) is 7. The number of rotatable bonds is 4. The number of piperidine rings is 1. The van der Waals surface area contributed by atoms with Crippen LogP contribution in [0.1, 0.15) is 58.5 Å². The fourth-order valence-electron chi connectivity index (χ4n) is 7.46. The lowest BCUT2D eigenvalue weighted by Crippen LogP contribution is -2.47. The van der Waals surface area contributed by atoms with E-state index in [-0.39, 0.29) is 47.9 Å². The SMILES string of the molecule is CC(=O)c1nn(CC(=O)N2C3C[C@@]4(Cc5ccc(cn5)COCc5ccc(Br)nc5NC3=O)C[C@@H]24)c2c(C)cc(-c3cnc(C)nc3)cc12. The van der Waals surface area contributed by atoms with Crippen LogP contribution in [0.2, 0.25) is 0 Å². The Labute approximate surface area is 290 Å². The second-order valence-corrected chi connectivity index (χ2v) is 14.1. The van der Waals surface area contributed by atoms with Gasteiger partial charge in [0.15, 0.2) is 5.78 Å². The molecule has 3 atom stereocenters.